The molecule has 1 heterocycles. The van der Waals surface area contributed by atoms with E-state index < -0.39 is 10.0 Å². The van der Waals surface area contributed by atoms with Crippen LogP contribution in [0.3, 0.4) is 0 Å². The number of hydrogen-bond donors (Lipinski definition) is 1. The molecule has 0 unspecified atom stereocenters. The molecule has 14 heavy (non-hydrogen) atoms. The number of hydrogen-bond acceptors (Lipinski definition) is 4. The van der Waals surface area contributed by atoms with Gasteiger partial charge in [-0.1, -0.05) is 6.92 Å². The summed E-state index contributed by atoms with van der Waals surface area (Å²) in [6, 6.07) is 1.61. The second-order valence-corrected chi connectivity index (χ2v) is 5.85. The first-order valence-electron chi connectivity index (χ1n) is 4.26. The third-order valence-electron chi connectivity index (χ3n) is 2.02. The minimum absolute atomic E-state index is 0.268. The van der Waals surface area contributed by atoms with E-state index in [1.165, 1.54) is 15.6 Å². The van der Waals surface area contributed by atoms with Crippen LogP contribution in [0.2, 0.25) is 0 Å². The van der Waals surface area contributed by atoms with Crippen LogP contribution in [0.1, 0.15) is 11.8 Å². The predicted octanol–water partition coefficient (Wildman–Crippen LogP) is 0.847. The molecule has 80 valence electrons. The summed E-state index contributed by atoms with van der Waals surface area (Å²) in [7, 11) is -1.76. The summed E-state index contributed by atoms with van der Waals surface area (Å²) in [4.78, 5) is 1.06. The van der Waals surface area contributed by atoms with Gasteiger partial charge in [-0.3, -0.25) is 0 Å². The van der Waals surface area contributed by atoms with Gasteiger partial charge in [0.25, 0.3) is 0 Å². The van der Waals surface area contributed by atoms with E-state index in [0.29, 0.717) is 16.3 Å². The molecule has 0 saturated heterocycles. The van der Waals surface area contributed by atoms with Gasteiger partial charge in [-0.05, 0) is 11.4 Å². The van der Waals surface area contributed by atoms with Gasteiger partial charge < -0.3 is 5.73 Å². The van der Waals surface area contributed by atoms with Crippen molar-refractivity contribution in [2.45, 2.75) is 18.4 Å². The molecule has 6 heteroatoms. The van der Waals surface area contributed by atoms with Crippen molar-refractivity contribution in [3.63, 3.8) is 0 Å². The molecule has 0 spiro atoms. The normalized spacial score (nSPS) is 12.3. The van der Waals surface area contributed by atoms with Crippen molar-refractivity contribution in [1.29, 1.82) is 0 Å². The number of nitrogens with two attached hydrogens (primary N) is 1. The van der Waals surface area contributed by atoms with Gasteiger partial charge in [0.1, 0.15) is 0 Å². The Balaban J connectivity index is 3.16. The minimum Gasteiger partial charge on any atom is -0.326 e. The summed E-state index contributed by atoms with van der Waals surface area (Å²) in [6.45, 7) is 2.53. The quantitative estimate of drug-likeness (QED) is 0.840. The topological polar surface area (TPSA) is 63.4 Å². The van der Waals surface area contributed by atoms with Crippen molar-refractivity contribution < 1.29 is 8.42 Å². The molecule has 0 aliphatic rings. The molecule has 0 fully saturated rings. The fourth-order valence-electron chi connectivity index (χ4n) is 1.05. The largest absolute Gasteiger partial charge is 0.326 e. The molecule has 1 aromatic rings. The molecule has 0 aliphatic heterocycles. The van der Waals surface area contributed by atoms with Gasteiger partial charge in [-0.25, -0.2) is 12.7 Å². The van der Waals surface area contributed by atoms with Gasteiger partial charge in [0.15, 0.2) is 0 Å². The van der Waals surface area contributed by atoms with Gasteiger partial charge in [-0.2, -0.15) is 0 Å². The van der Waals surface area contributed by atoms with Crippen LogP contribution in [-0.4, -0.2) is 26.3 Å². The molecule has 1 rings (SSSR count). The maximum atomic E-state index is 11.9. The first-order valence-corrected chi connectivity index (χ1v) is 6.58. The van der Waals surface area contributed by atoms with Crippen molar-refractivity contribution in [2.75, 3.05) is 13.6 Å². The smallest absolute Gasteiger partial charge is 0.243 e. The molecule has 0 atom stereocenters. The van der Waals surface area contributed by atoms with Crippen LogP contribution in [0.4, 0.5) is 0 Å². The van der Waals surface area contributed by atoms with Gasteiger partial charge in [0.2, 0.25) is 10.0 Å². The Labute approximate surface area is 88.4 Å². The van der Waals surface area contributed by atoms with Gasteiger partial charge >= 0.3 is 0 Å². The third-order valence-corrected chi connectivity index (χ3v) is 5.11. The molecule has 2 N–H and O–H groups in total. The second kappa shape index (κ2) is 4.39. The molecule has 0 saturated carbocycles. The average molecular weight is 234 g/mol. The Hall–Kier alpha value is -0.430. The zero-order chi connectivity index (χ0) is 10.8. The van der Waals surface area contributed by atoms with Crippen molar-refractivity contribution in [1.82, 2.24) is 4.31 Å². The van der Waals surface area contributed by atoms with E-state index in [9.17, 15) is 8.42 Å². The summed E-state index contributed by atoms with van der Waals surface area (Å²) in [5.74, 6) is 0. The fraction of sp³-hybridized carbons (Fsp3) is 0.500. The maximum absolute atomic E-state index is 11.9. The minimum atomic E-state index is -3.32. The van der Waals surface area contributed by atoms with Crippen LogP contribution in [0.15, 0.2) is 16.3 Å². The highest BCUT2D eigenvalue weighted by Crippen LogP contribution is 2.23. The van der Waals surface area contributed by atoms with E-state index in [-0.39, 0.29) is 6.54 Å². The van der Waals surface area contributed by atoms with Crippen LogP contribution >= 0.6 is 11.3 Å². The van der Waals surface area contributed by atoms with Crippen molar-refractivity contribution in [2.24, 2.45) is 5.73 Å². The van der Waals surface area contributed by atoms with Crippen LogP contribution in [0.25, 0.3) is 0 Å². The predicted molar refractivity (Wildman–Crippen MR) is 57.7 cm³/mol. The van der Waals surface area contributed by atoms with Crippen molar-refractivity contribution in [3.8, 4) is 0 Å². The zero-order valence-corrected chi connectivity index (χ0v) is 9.86. The monoisotopic (exact) mass is 234 g/mol. The number of thiophene rings is 1. The van der Waals surface area contributed by atoms with E-state index in [4.69, 9.17) is 5.73 Å². The summed E-state index contributed by atoms with van der Waals surface area (Å²) in [5.41, 5.74) is 5.46. The molecule has 0 aliphatic carbocycles. The van der Waals surface area contributed by atoms with Crippen molar-refractivity contribution >= 4 is 21.4 Å². The average Bonchev–Trinajstić information content (AvgIpc) is 2.64. The summed E-state index contributed by atoms with van der Waals surface area (Å²) in [6.07, 6.45) is 0. The molecule has 0 aromatic carbocycles. The number of sulfonamides is 1. The first-order chi connectivity index (χ1) is 6.54. The highest BCUT2D eigenvalue weighted by Gasteiger charge is 2.22. The van der Waals surface area contributed by atoms with E-state index in [1.54, 1.807) is 25.4 Å². The number of nitrogens with zero attached hydrogens (tertiary/aromatic N) is 1. The molecule has 0 bridgehead atoms. The molecule has 4 nitrogen and oxygen atoms in total. The lowest BCUT2D eigenvalue weighted by molar-refractivity contribution is 0.486. The molecular weight excluding hydrogens is 220 g/mol. The Kier molecular flexibility index (Phi) is 3.65. The fourth-order valence-corrected chi connectivity index (χ4v) is 3.53. The van der Waals surface area contributed by atoms with Gasteiger partial charge in [-0.15, -0.1) is 11.3 Å². The summed E-state index contributed by atoms with van der Waals surface area (Å²) < 4.78 is 25.1. The van der Waals surface area contributed by atoms with Crippen molar-refractivity contribution in [3.05, 3.63) is 16.3 Å². The van der Waals surface area contributed by atoms with E-state index >= 15 is 0 Å². The summed E-state index contributed by atoms with van der Waals surface area (Å²) >= 11 is 1.37. The Morgan fingerprint density at radius 2 is 2.21 bits per heavy atom. The highest BCUT2D eigenvalue weighted by atomic mass is 32.2. The van der Waals surface area contributed by atoms with Gasteiger partial charge in [0, 0.05) is 25.0 Å². The SMILES string of the molecule is CCN(C)S(=O)(=O)c1ccsc1CN. The van der Waals surface area contributed by atoms with Crippen LogP contribution < -0.4 is 5.73 Å². The lowest BCUT2D eigenvalue weighted by Crippen LogP contribution is -2.27. The van der Waals surface area contributed by atoms with Crippen LogP contribution in [-0.2, 0) is 16.6 Å². The highest BCUT2D eigenvalue weighted by molar-refractivity contribution is 7.89. The third kappa shape index (κ3) is 1.98. The Morgan fingerprint density at radius 1 is 1.57 bits per heavy atom. The zero-order valence-electron chi connectivity index (χ0n) is 8.23. The van der Waals surface area contributed by atoms with Crippen LogP contribution in [0, 0.1) is 0 Å². The molecular formula is C8H14N2O2S2. The Morgan fingerprint density at radius 3 is 2.71 bits per heavy atom. The lowest BCUT2D eigenvalue weighted by Gasteiger charge is -2.14. The van der Waals surface area contributed by atoms with Crippen LogP contribution in [0.5, 0.6) is 0 Å². The van der Waals surface area contributed by atoms with E-state index in [1.807, 2.05) is 0 Å². The standard InChI is InChI=1S/C8H14N2O2S2/c1-3-10(2)14(11,12)8-4-5-13-7(8)6-9/h4-5H,3,6,9H2,1-2H3. The summed E-state index contributed by atoms with van der Waals surface area (Å²) in [5, 5.41) is 1.75. The second-order valence-electron chi connectivity index (χ2n) is 2.83. The van der Waals surface area contributed by atoms with E-state index in [2.05, 4.69) is 0 Å². The lowest BCUT2D eigenvalue weighted by atomic mass is 10.5. The first kappa shape index (κ1) is 11.6. The molecule has 0 amide bonds. The van der Waals surface area contributed by atoms with Gasteiger partial charge in [0.05, 0.1) is 4.90 Å². The maximum Gasteiger partial charge on any atom is 0.243 e. The molecule has 0 radical (unpaired) electrons. The Bertz CT molecular complexity index is 397. The van der Waals surface area contributed by atoms with E-state index in [0.717, 1.165) is 0 Å². The number of rotatable bonds is 4. The molecule has 1 aromatic heterocycles.